The monoisotopic (exact) mass is 317 g/mol. The minimum Gasteiger partial charge on any atom is -0.392 e. The van der Waals surface area contributed by atoms with Gasteiger partial charge in [0.15, 0.2) is 0 Å². The van der Waals surface area contributed by atoms with E-state index in [1.165, 1.54) is 0 Å². The number of aliphatic hydroxyl groups is 1. The van der Waals surface area contributed by atoms with E-state index in [-0.39, 0.29) is 23.5 Å². The van der Waals surface area contributed by atoms with Gasteiger partial charge in [-0.1, -0.05) is 32.0 Å². The molecule has 23 heavy (non-hydrogen) atoms. The van der Waals surface area contributed by atoms with E-state index in [2.05, 4.69) is 19.2 Å². The van der Waals surface area contributed by atoms with Crippen molar-refractivity contribution in [3.63, 3.8) is 0 Å². The topological polar surface area (TPSA) is 58.6 Å². The molecule has 2 atom stereocenters. The van der Waals surface area contributed by atoms with Crippen LogP contribution in [0, 0.1) is 11.3 Å². The Kier molecular flexibility index (Phi) is 4.74. The molecule has 1 aliphatic carbocycles. The van der Waals surface area contributed by atoms with Crippen LogP contribution in [0.5, 0.6) is 0 Å². The number of nitrogens with one attached hydrogen (secondary N) is 1. The number of carbonyl (C=O) groups is 1. The number of benzene rings is 1. The zero-order valence-electron chi connectivity index (χ0n) is 14.0. The van der Waals surface area contributed by atoms with Gasteiger partial charge >= 0.3 is 0 Å². The second kappa shape index (κ2) is 6.62. The molecular weight excluding hydrogens is 290 g/mol. The Morgan fingerprint density at radius 1 is 1.35 bits per heavy atom. The average molecular weight is 317 g/mol. The van der Waals surface area contributed by atoms with Gasteiger partial charge in [0.05, 0.1) is 6.10 Å². The lowest BCUT2D eigenvalue weighted by Gasteiger charge is -2.55. The van der Waals surface area contributed by atoms with Gasteiger partial charge in [-0.2, -0.15) is 0 Å². The summed E-state index contributed by atoms with van der Waals surface area (Å²) in [7, 11) is 0. The van der Waals surface area contributed by atoms with Crippen LogP contribution in [0.3, 0.4) is 0 Å². The summed E-state index contributed by atoms with van der Waals surface area (Å²) in [6.07, 6.45) is 2.88. The first-order chi connectivity index (χ1) is 11.0. The van der Waals surface area contributed by atoms with E-state index >= 15 is 0 Å². The van der Waals surface area contributed by atoms with Gasteiger partial charge in [-0.3, -0.25) is 4.79 Å². The van der Waals surface area contributed by atoms with Gasteiger partial charge in [-0.15, -0.1) is 0 Å². The van der Waals surface area contributed by atoms with Gasteiger partial charge in [-0.05, 0) is 43.2 Å². The van der Waals surface area contributed by atoms with E-state index in [1.807, 2.05) is 24.3 Å². The van der Waals surface area contributed by atoms with Crippen molar-refractivity contribution in [2.24, 2.45) is 11.3 Å². The molecule has 0 aromatic heterocycles. The number of ether oxygens (including phenoxy) is 1. The molecule has 0 radical (unpaired) electrons. The maximum atomic E-state index is 12.8. The zero-order valence-corrected chi connectivity index (χ0v) is 14.0. The molecule has 4 heteroatoms. The molecule has 3 rings (SSSR count). The van der Waals surface area contributed by atoms with Crippen molar-refractivity contribution in [2.75, 3.05) is 13.2 Å². The SMILES string of the molecule is CC(C)Cc1ccccc1C(=O)N[C@@H]1C[C@@H](O)C12CCOCC2. The molecule has 1 heterocycles. The lowest BCUT2D eigenvalue weighted by atomic mass is 9.58. The maximum Gasteiger partial charge on any atom is 0.251 e. The van der Waals surface area contributed by atoms with Crippen LogP contribution in [0.1, 0.15) is 49.0 Å². The Bertz CT molecular complexity index is 563. The van der Waals surface area contributed by atoms with Crippen molar-refractivity contribution in [1.29, 1.82) is 0 Å². The maximum absolute atomic E-state index is 12.8. The highest BCUT2D eigenvalue weighted by Crippen LogP contribution is 2.49. The molecule has 2 fully saturated rings. The van der Waals surface area contributed by atoms with Gasteiger partial charge in [0, 0.05) is 30.2 Å². The standard InChI is InChI=1S/C19H27NO3/c1-13(2)11-14-5-3-4-6-15(14)18(22)20-16-12-17(21)19(16)7-9-23-10-8-19/h3-6,13,16-17,21H,7-12H2,1-2H3,(H,20,22)/t16-,17-/m1/s1. The number of hydrogen-bond donors (Lipinski definition) is 2. The molecule has 1 saturated carbocycles. The largest absolute Gasteiger partial charge is 0.392 e. The van der Waals surface area contributed by atoms with E-state index < -0.39 is 0 Å². The van der Waals surface area contributed by atoms with Crippen LogP contribution in [-0.4, -0.2) is 36.4 Å². The van der Waals surface area contributed by atoms with E-state index in [0.717, 1.165) is 30.4 Å². The Morgan fingerprint density at radius 2 is 2.04 bits per heavy atom. The molecule has 1 amide bonds. The fourth-order valence-electron chi connectivity index (χ4n) is 4.00. The van der Waals surface area contributed by atoms with Crippen LogP contribution in [0.2, 0.25) is 0 Å². The highest BCUT2D eigenvalue weighted by atomic mass is 16.5. The third kappa shape index (κ3) is 3.15. The van der Waals surface area contributed by atoms with Gasteiger partial charge in [0.25, 0.3) is 5.91 Å². The molecule has 0 unspecified atom stereocenters. The second-order valence-corrected chi connectivity index (χ2v) is 7.38. The minimum atomic E-state index is -0.317. The Morgan fingerprint density at radius 3 is 2.70 bits per heavy atom. The second-order valence-electron chi connectivity index (χ2n) is 7.38. The highest BCUT2D eigenvalue weighted by Gasteiger charge is 2.55. The van der Waals surface area contributed by atoms with Crippen molar-refractivity contribution >= 4 is 5.91 Å². The number of amides is 1. The molecule has 2 N–H and O–H groups in total. The van der Waals surface area contributed by atoms with Crippen molar-refractivity contribution in [3.8, 4) is 0 Å². The third-order valence-electron chi connectivity index (χ3n) is 5.44. The van der Waals surface area contributed by atoms with Crippen LogP contribution >= 0.6 is 0 Å². The lowest BCUT2D eigenvalue weighted by molar-refractivity contribution is -0.145. The fraction of sp³-hybridized carbons (Fsp3) is 0.632. The lowest BCUT2D eigenvalue weighted by Crippen LogP contribution is -2.65. The first kappa shape index (κ1) is 16.5. The predicted molar refractivity (Wildman–Crippen MR) is 89.3 cm³/mol. The van der Waals surface area contributed by atoms with E-state index in [4.69, 9.17) is 4.74 Å². The quantitative estimate of drug-likeness (QED) is 0.897. The molecule has 1 aromatic carbocycles. The van der Waals surface area contributed by atoms with Crippen LogP contribution in [0.25, 0.3) is 0 Å². The van der Waals surface area contributed by atoms with Crippen molar-refractivity contribution < 1.29 is 14.6 Å². The summed E-state index contributed by atoms with van der Waals surface area (Å²) >= 11 is 0. The molecule has 126 valence electrons. The summed E-state index contributed by atoms with van der Waals surface area (Å²) in [6, 6.07) is 7.90. The molecule has 1 aliphatic heterocycles. The summed E-state index contributed by atoms with van der Waals surface area (Å²) in [6.45, 7) is 5.67. The predicted octanol–water partition coefficient (Wildman–Crippen LogP) is 2.54. The first-order valence-corrected chi connectivity index (χ1v) is 8.67. The van der Waals surface area contributed by atoms with Crippen LogP contribution < -0.4 is 5.32 Å². The number of rotatable bonds is 4. The third-order valence-corrected chi connectivity index (χ3v) is 5.44. The average Bonchev–Trinajstić information content (AvgIpc) is 2.55. The van der Waals surface area contributed by atoms with Crippen LogP contribution in [-0.2, 0) is 11.2 Å². The van der Waals surface area contributed by atoms with Gasteiger partial charge in [0.1, 0.15) is 0 Å². The van der Waals surface area contributed by atoms with Gasteiger partial charge in [0.2, 0.25) is 0 Å². The van der Waals surface area contributed by atoms with Gasteiger partial charge < -0.3 is 15.2 Å². The molecule has 1 saturated heterocycles. The molecule has 1 spiro atoms. The fourth-order valence-corrected chi connectivity index (χ4v) is 4.00. The van der Waals surface area contributed by atoms with Crippen molar-refractivity contribution in [1.82, 2.24) is 5.32 Å². The van der Waals surface area contributed by atoms with E-state index in [9.17, 15) is 9.90 Å². The Balaban J connectivity index is 1.72. The zero-order chi connectivity index (χ0) is 16.4. The van der Waals surface area contributed by atoms with Crippen LogP contribution in [0.15, 0.2) is 24.3 Å². The highest BCUT2D eigenvalue weighted by molar-refractivity contribution is 5.96. The van der Waals surface area contributed by atoms with E-state index in [1.54, 1.807) is 0 Å². The summed E-state index contributed by atoms with van der Waals surface area (Å²) in [5.74, 6) is 0.500. The molecular formula is C19H27NO3. The van der Waals surface area contributed by atoms with Crippen LogP contribution in [0.4, 0.5) is 0 Å². The van der Waals surface area contributed by atoms with E-state index in [0.29, 0.717) is 25.6 Å². The molecule has 1 aromatic rings. The summed E-state index contributed by atoms with van der Waals surface area (Å²) in [5, 5.41) is 13.4. The molecule has 0 bridgehead atoms. The van der Waals surface area contributed by atoms with Crippen molar-refractivity contribution in [2.45, 2.75) is 51.7 Å². The Labute approximate surface area is 138 Å². The summed E-state index contributed by atoms with van der Waals surface area (Å²) in [5.41, 5.74) is 1.69. The van der Waals surface area contributed by atoms with Gasteiger partial charge in [-0.25, -0.2) is 0 Å². The Hall–Kier alpha value is -1.39. The normalized spacial score (nSPS) is 26.1. The number of carbonyl (C=O) groups excluding carboxylic acids is 1. The minimum absolute atomic E-state index is 0.0102. The summed E-state index contributed by atoms with van der Waals surface area (Å²) in [4.78, 5) is 12.8. The first-order valence-electron chi connectivity index (χ1n) is 8.67. The smallest absolute Gasteiger partial charge is 0.251 e. The molecule has 4 nitrogen and oxygen atoms in total. The molecule has 2 aliphatic rings. The number of aliphatic hydroxyl groups excluding tert-OH is 1. The summed E-state index contributed by atoms with van der Waals surface area (Å²) < 4.78 is 5.43. The van der Waals surface area contributed by atoms with Crippen molar-refractivity contribution in [3.05, 3.63) is 35.4 Å². The number of hydrogen-bond acceptors (Lipinski definition) is 3.